The van der Waals surface area contributed by atoms with E-state index in [-0.39, 0.29) is 11.9 Å². The standard InChI is InChI=1S/C16H25N3O3S2/c1-24-6-5-14(16(21)22)19-15(20)12-4-2-3-11(7-12)8-18-9-13(17)10-23/h2-4,7,13-14,18,23H,5-6,8-10,17H2,1H3,(H,19,20)(H,21,22)/t13-,14+/m1/s1. The zero-order valence-corrected chi connectivity index (χ0v) is 15.4. The molecule has 0 aromatic heterocycles. The number of nitrogens with two attached hydrogens (primary N) is 1. The van der Waals surface area contributed by atoms with Gasteiger partial charge in [0.25, 0.3) is 5.91 Å². The molecule has 0 saturated heterocycles. The van der Waals surface area contributed by atoms with Crippen molar-refractivity contribution in [3.8, 4) is 0 Å². The number of aliphatic carboxylic acids is 1. The lowest BCUT2D eigenvalue weighted by atomic mass is 10.1. The van der Waals surface area contributed by atoms with E-state index in [4.69, 9.17) is 5.73 Å². The summed E-state index contributed by atoms with van der Waals surface area (Å²) in [5, 5.41) is 15.0. The number of hydrogen-bond donors (Lipinski definition) is 5. The molecule has 0 saturated carbocycles. The van der Waals surface area contributed by atoms with Gasteiger partial charge in [-0.1, -0.05) is 12.1 Å². The number of hydrogen-bond acceptors (Lipinski definition) is 6. The van der Waals surface area contributed by atoms with Gasteiger partial charge in [-0.25, -0.2) is 4.79 Å². The number of thiol groups is 1. The highest BCUT2D eigenvalue weighted by Gasteiger charge is 2.20. The Kier molecular flexibility index (Phi) is 9.85. The van der Waals surface area contributed by atoms with Crippen molar-refractivity contribution in [3.05, 3.63) is 35.4 Å². The smallest absolute Gasteiger partial charge is 0.326 e. The largest absolute Gasteiger partial charge is 0.480 e. The molecule has 24 heavy (non-hydrogen) atoms. The molecule has 5 N–H and O–H groups in total. The van der Waals surface area contributed by atoms with Crippen molar-refractivity contribution in [1.82, 2.24) is 10.6 Å². The Bertz CT molecular complexity index is 543. The first-order valence-corrected chi connectivity index (χ1v) is 9.69. The lowest BCUT2D eigenvalue weighted by Gasteiger charge is -2.14. The van der Waals surface area contributed by atoms with Crippen LogP contribution in [-0.2, 0) is 11.3 Å². The molecule has 1 rings (SSSR count). The number of carbonyl (C=O) groups is 2. The molecule has 0 unspecified atom stereocenters. The molecule has 134 valence electrons. The van der Waals surface area contributed by atoms with E-state index in [1.54, 1.807) is 30.0 Å². The molecular weight excluding hydrogens is 346 g/mol. The van der Waals surface area contributed by atoms with Gasteiger partial charge in [0, 0.05) is 30.4 Å². The monoisotopic (exact) mass is 371 g/mol. The number of carbonyl (C=O) groups excluding carboxylic acids is 1. The Labute approximate surface area is 152 Å². The van der Waals surface area contributed by atoms with Crippen LogP contribution < -0.4 is 16.4 Å². The van der Waals surface area contributed by atoms with Crippen LogP contribution in [0.2, 0.25) is 0 Å². The lowest BCUT2D eigenvalue weighted by molar-refractivity contribution is -0.139. The molecule has 6 nitrogen and oxygen atoms in total. The van der Waals surface area contributed by atoms with Crippen LogP contribution in [0.25, 0.3) is 0 Å². The maximum Gasteiger partial charge on any atom is 0.326 e. The summed E-state index contributed by atoms with van der Waals surface area (Å²) in [4.78, 5) is 23.5. The second kappa shape index (κ2) is 11.4. The second-order valence-corrected chi connectivity index (χ2v) is 6.77. The van der Waals surface area contributed by atoms with E-state index in [9.17, 15) is 14.7 Å². The molecule has 1 amide bonds. The number of carboxylic acid groups (broad SMARTS) is 1. The SMILES string of the molecule is CSCC[C@H](NC(=O)c1cccc(CNC[C@@H](N)CS)c1)C(=O)O. The maximum atomic E-state index is 12.3. The summed E-state index contributed by atoms with van der Waals surface area (Å²) in [5.41, 5.74) is 7.16. The molecule has 0 aliphatic carbocycles. The van der Waals surface area contributed by atoms with Crippen molar-refractivity contribution in [2.45, 2.75) is 25.0 Å². The number of benzene rings is 1. The first-order valence-electron chi connectivity index (χ1n) is 7.66. The highest BCUT2D eigenvalue weighted by Crippen LogP contribution is 2.07. The van der Waals surface area contributed by atoms with E-state index >= 15 is 0 Å². The minimum Gasteiger partial charge on any atom is -0.480 e. The van der Waals surface area contributed by atoms with Crippen molar-refractivity contribution in [2.75, 3.05) is 24.3 Å². The number of thioether (sulfide) groups is 1. The van der Waals surface area contributed by atoms with Gasteiger partial charge in [0.1, 0.15) is 6.04 Å². The average Bonchev–Trinajstić information content (AvgIpc) is 2.58. The average molecular weight is 372 g/mol. The van der Waals surface area contributed by atoms with E-state index in [1.807, 2.05) is 12.3 Å². The van der Waals surface area contributed by atoms with Gasteiger partial charge in [0.15, 0.2) is 0 Å². The molecule has 0 radical (unpaired) electrons. The first kappa shape index (κ1) is 20.8. The maximum absolute atomic E-state index is 12.3. The topological polar surface area (TPSA) is 104 Å². The molecule has 0 heterocycles. The van der Waals surface area contributed by atoms with Crippen LogP contribution in [0.1, 0.15) is 22.3 Å². The highest BCUT2D eigenvalue weighted by atomic mass is 32.2. The van der Waals surface area contributed by atoms with Gasteiger partial charge in [-0.2, -0.15) is 24.4 Å². The molecule has 2 atom stereocenters. The zero-order chi connectivity index (χ0) is 17.9. The van der Waals surface area contributed by atoms with Gasteiger partial charge in [0.05, 0.1) is 0 Å². The normalized spacial score (nSPS) is 13.3. The van der Waals surface area contributed by atoms with Crippen LogP contribution >= 0.6 is 24.4 Å². The van der Waals surface area contributed by atoms with Crippen molar-refractivity contribution in [3.63, 3.8) is 0 Å². The Hall–Kier alpha value is -1.22. The zero-order valence-electron chi connectivity index (χ0n) is 13.7. The summed E-state index contributed by atoms with van der Waals surface area (Å²) in [7, 11) is 0. The molecule has 1 aromatic rings. The second-order valence-electron chi connectivity index (χ2n) is 5.42. The molecule has 0 fully saturated rings. The van der Waals surface area contributed by atoms with Crippen LogP contribution in [0.3, 0.4) is 0 Å². The van der Waals surface area contributed by atoms with E-state index < -0.39 is 12.0 Å². The van der Waals surface area contributed by atoms with Gasteiger partial charge in [-0.15, -0.1) is 0 Å². The lowest BCUT2D eigenvalue weighted by Crippen LogP contribution is -2.41. The van der Waals surface area contributed by atoms with Crippen LogP contribution in [0.5, 0.6) is 0 Å². The molecule has 8 heteroatoms. The van der Waals surface area contributed by atoms with Gasteiger partial charge in [-0.05, 0) is 36.1 Å². The van der Waals surface area contributed by atoms with Crippen molar-refractivity contribution in [1.29, 1.82) is 0 Å². The summed E-state index contributed by atoms with van der Waals surface area (Å²) >= 11 is 5.67. The van der Waals surface area contributed by atoms with E-state index in [1.165, 1.54) is 0 Å². The van der Waals surface area contributed by atoms with Gasteiger partial charge in [-0.3, -0.25) is 4.79 Å². The van der Waals surface area contributed by atoms with Crippen LogP contribution in [0, 0.1) is 0 Å². The minimum atomic E-state index is -1.02. The van der Waals surface area contributed by atoms with Gasteiger partial charge >= 0.3 is 5.97 Å². The van der Waals surface area contributed by atoms with Crippen molar-refractivity contribution in [2.24, 2.45) is 5.73 Å². The van der Waals surface area contributed by atoms with Gasteiger partial charge < -0.3 is 21.5 Å². The minimum absolute atomic E-state index is 0.0208. The molecular formula is C16H25N3O3S2. The first-order chi connectivity index (χ1) is 11.5. The number of amides is 1. The summed E-state index contributed by atoms with van der Waals surface area (Å²) in [6.07, 6.45) is 2.29. The predicted octanol–water partition coefficient (Wildman–Crippen LogP) is 0.969. The Morgan fingerprint density at radius 1 is 1.42 bits per heavy atom. The van der Waals surface area contributed by atoms with Crippen LogP contribution in [0.15, 0.2) is 24.3 Å². The third kappa shape index (κ3) is 7.57. The molecule has 0 aliphatic heterocycles. The molecule has 0 spiro atoms. The molecule has 1 aromatic carbocycles. The predicted molar refractivity (Wildman–Crippen MR) is 102 cm³/mol. The Morgan fingerprint density at radius 3 is 2.79 bits per heavy atom. The molecule has 0 aliphatic rings. The number of carboxylic acids is 1. The third-order valence-corrected chi connectivity index (χ3v) is 4.49. The summed E-state index contributed by atoms with van der Waals surface area (Å²) < 4.78 is 0. The van der Waals surface area contributed by atoms with E-state index in [2.05, 4.69) is 23.3 Å². The van der Waals surface area contributed by atoms with Crippen molar-refractivity contribution < 1.29 is 14.7 Å². The fourth-order valence-electron chi connectivity index (χ4n) is 2.02. The Balaban J connectivity index is 2.63. The number of nitrogens with one attached hydrogen (secondary N) is 2. The number of rotatable bonds is 11. The summed E-state index contributed by atoms with van der Waals surface area (Å²) in [6, 6.07) is 6.21. The van der Waals surface area contributed by atoms with Gasteiger partial charge in [0.2, 0.25) is 0 Å². The van der Waals surface area contributed by atoms with Crippen LogP contribution in [0.4, 0.5) is 0 Å². The summed E-state index contributed by atoms with van der Waals surface area (Å²) in [6.45, 7) is 1.22. The highest BCUT2D eigenvalue weighted by molar-refractivity contribution is 7.98. The van der Waals surface area contributed by atoms with E-state index in [0.717, 1.165) is 5.56 Å². The summed E-state index contributed by atoms with van der Waals surface area (Å²) in [5.74, 6) is -0.123. The molecule has 0 bridgehead atoms. The fraction of sp³-hybridized carbons (Fsp3) is 0.500. The Morgan fingerprint density at radius 2 is 2.17 bits per heavy atom. The van der Waals surface area contributed by atoms with Crippen molar-refractivity contribution >= 4 is 36.3 Å². The quantitative estimate of drug-likeness (QED) is 0.371. The fourth-order valence-corrected chi connectivity index (χ4v) is 2.62. The third-order valence-electron chi connectivity index (χ3n) is 3.37. The van der Waals surface area contributed by atoms with Crippen LogP contribution in [-0.4, -0.2) is 53.4 Å². The van der Waals surface area contributed by atoms with E-state index in [0.29, 0.717) is 36.6 Å².